The Bertz CT molecular complexity index is 424. The van der Waals surface area contributed by atoms with E-state index in [1.165, 1.54) is 0 Å². The molecule has 5 heteroatoms. The first-order valence-electron chi connectivity index (χ1n) is 6.50. The maximum Gasteiger partial charge on any atom is 0.238 e. The Hall–Kier alpha value is -1.43. The van der Waals surface area contributed by atoms with Gasteiger partial charge in [-0.25, -0.2) is 0 Å². The van der Waals surface area contributed by atoms with Crippen LogP contribution in [0.4, 0.5) is 5.69 Å². The number of benzene rings is 1. The molecule has 1 fully saturated rings. The predicted molar refractivity (Wildman–Crippen MR) is 72.9 cm³/mol. The first-order valence-corrected chi connectivity index (χ1v) is 6.50. The molecule has 2 unspecified atom stereocenters. The average molecular weight is 264 g/mol. The fraction of sp³-hybridized carbons (Fsp3) is 0.500. The number of amides is 1. The summed E-state index contributed by atoms with van der Waals surface area (Å²) in [5.41, 5.74) is -0.0990. The van der Waals surface area contributed by atoms with Gasteiger partial charge in [0.05, 0.1) is 12.6 Å². The Morgan fingerprint density at radius 2 is 2.21 bits per heavy atom. The normalized spacial score (nSPS) is 26.3. The molecule has 1 aliphatic rings. The van der Waals surface area contributed by atoms with E-state index < -0.39 is 5.60 Å². The summed E-state index contributed by atoms with van der Waals surface area (Å²) < 4.78 is 5.33. The number of anilines is 1. The van der Waals surface area contributed by atoms with Crippen LogP contribution >= 0.6 is 0 Å². The van der Waals surface area contributed by atoms with Gasteiger partial charge in [0.1, 0.15) is 5.60 Å². The third-order valence-corrected chi connectivity index (χ3v) is 3.43. The SMILES string of the molecule is CC1OCCC1(O)CNCC(=O)Nc1ccccc1. The number of aliphatic hydroxyl groups is 1. The first-order chi connectivity index (χ1) is 9.10. The highest BCUT2D eigenvalue weighted by atomic mass is 16.5. The van der Waals surface area contributed by atoms with E-state index >= 15 is 0 Å². The standard InChI is InChI=1S/C14H20N2O3/c1-11-14(18,7-8-19-11)10-15-9-13(17)16-12-5-3-2-4-6-12/h2-6,11,15,18H,7-10H2,1H3,(H,16,17). The van der Waals surface area contributed by atoms with Crippen LogP contribution in [0.2, 0.25) is 0 Å². The first kappa shape index (κ1) is 14.0. The summed E-state index contributed by atoms with van der Waals surface area (Å²) in [6.45, 7) is 2.94. The molecule has 0 spiro atoms. The molecule has 2 atom stereocenters. The predicted octanol–water partition coefficient (Wildman–Crippen LogP) is 0.755. The second-order valence-corrected chi connectivity index (χ2v) is 4.88. The zero-order valence-electron chi connectivity index (χ0n) is 11.1. The molecule has 1 saturated heterocycles. The fourth-order valence-corrected chi connectivity index (χ4v) is 2.12. The zero-order valence-corrected chi connectivity index (χ0v) is 11.1. The summed E-state index contributed by atoms with van der Waals surface area (Å²) in [5.74, 6) is -0.124. The number of hydrogen-bond acceptors (Lipinski definition) is 4. The Labute approximate surface area is 113 Å². The van der Waals surface area contributed by atoms with Gasteiger partial charge in [0.2, 0.25) is 5.91 Å². The highest BCUT2D eigenvalue weighted by Gasteiger charge is 2.39. The van der Waals surface area contributed by atoms with Gasteiger partial charge >= 0.3 is 0 Å². The third kappa shape index (κ3) is 3.76. The maximum atomic E-state index is 11.7. The number of carbonyl (C=O) groups is 1. The van der Waals surface area contributed by atoms with Crippen LogP contribution in [-0.4, -0.2) is 42.4 Å². The van der Waals surface area contributed by atoms with Gasteiger partial charge in [-0.2, -0.15) is 0 Å². The lowest BCUT2D eigenvalue weighted by Crippen LogP contribution is -2.47. The van der Waals surface area contributed by atoms with Gasteiger partial charge in [0.25, 0.3) is 0 Å². The Balaban J connectivity index is 1.72. The lowest BCUT2D eigenvalue weighted by atomic mass is 9.97. The fourth-order valence-electron chi connectivity index (χ4n) is 2.12. The molecule has 1 heterocycles. The van der Waals surface area contributed by atoms with E-state index in [0.717, 1.165) is 5.69 Å². The molecule has 104 valence electrons. The minimum absolute atomic E-state index is 0.124. The number of hydrogen-bond donors (Lipinski definition) is 3. The molecular weight excluding hydrogens is 244 g/mol. The second-order valence-electron chi connectivity index (χ2n) is 4.88. The van der Waals surface area contributed by atoms with Crippen LogP contribution in [0.5, 0.6) is 0 Å². The minimum Gasteiger partial charge on any atom is -0.386 e. The molecule has 0 aromatic heterocycles. The molecule has 1 amide bonds. The van der Waals surface area contributed by atoms with E-state index in [1.807, 2.05) is 37.3 Å². The zero-order chi connectivity index (χ0) is 13.7. The maximum absolute atomic E-state index is 11.7. The van der Waals surface area contributed by atoms with Crippen molar-refractivity contribution in [1.82, 2.24) is 5.32 Å². The van der Waals surface area contributed by atoms with E-state index in [2.05, 4.69) is 10.6 Å². The topological polar surface area (TPSA) is 70.6 Å². The van der Waals surface area contributed by atoms with Gasteiger partial charge in [-0.1, -0.05) is 18.2 Å². The van der Waals surface area contributed by atoms with E-state index in [0.29, 0.717) is 19.6 Å². The quantitative estimate of drug-likeness (QED) is 0.734. The number of para-hydroxylation sites is 1. The number of carbonyl (C=O) groups excluding carboxylic acids is 1. The van der Waals surface area contributed by atoms with Crippen LogP contribution in [0, 0.1) is 0 Å². The lowest BCUT2D eigenvalue weighted by molar-refractivity contribution is -0.115. The smallest absolute Gasteiger partial charge is 0.238 e. The summed E-state index contributed by atoms with van der Waals surface area (Å²) in [4.78, 5) is 11.7. The van der Waals surface area contributed by atoms with Crippen LogP contribution in [0.1, 0.15) is 13.3 Å². The summed E-state index contributed by atoms with van der Waals surface area (Å²) in [6.07, 6.45) is 0.402. The Morgan fingerprint density at radius 3 is 2.84 bits per heavy atom. The molecule has 5 nitrogen and oxygen atoms in total. The van der Waals surface area contributed by atoms with Gasteiger partial charge in [-0.3, -0.25) is 4.79 Å². The van der Waals surface area contributed by atoms with E-state index in [-0.39, 0.29) is 18.6 Å². The molecule has 2 rings (SSSR count). The largest absolute Gasteiger partial charge is 0.386 e. The minimum atomic E-state index is -0.868. The highest BCUT2D eigenvalue weighted by molar-refractivity contribution is 5.92. The lowest BCUT2D eigenvalue weighted by Gasteiger charge is -2.26. The average Bonchev–Trinajstić information content (AvgIpc) is 2.71. The van der Waals surface area contributed by atoms with Crippen molar-refractivity contribution in [3.05, 3.63) is 30.3 Å². The van der Waals surface area contributed by atoms with Crippen LogP contribution in [0.3, 0.4) is 0 Å². The van der Waals surface area contributed by atoms with Crippen LogP contribution in [0.15, 0.2) is 30.3 Å². The molecule has 0 bridgehead atoms. The van der Waals surface area contributed by atoms with Crippen molar-refractivity contribution in [2.75, 3.05) is 25.0 Å². The van der Waals surface area contributed by atoms with Gasteiger partial charge in [0.15, 0.2) is 0 Å². The van der Waals surface area contributed by atoms with Gasteiger partial charge in [0, 0.05) is 25.3 Å². The van der Waals surface area contributed by atoms with Crippen molar-refractivity contribution in [2.45, 2.75) is 25.0 Å². The van der Waals surface area contributed by atoms with Gasteiger partial charge in [-0.05, 0) is 19.1 Å². The summed E-state index contributed by atoms with van der Waals surface area (Å²) in [7, 11) is 0. The van der Waals surface area contributed by atoms with Crippen molar-refractivity contribution in [2.24, 2.45) is 0 Å². The molecule has 1 aromatic carbocycles. The number of nitrogens with one attached hydrogen (secondary N) is 2. The molecule has 1 aromatic rings. The number of ether oxygens (including phenoxy) is 1. The monoisotopic (exact) mass is 264 g/mol. The third-order valence-electron chi connectivity index (χ3n) is 3.43. The summed E-state index contributed by atoms with van der Waals surface area (Å²) in [5, 5.41) is 16.0. The van der Waals surface area contributed by atoms with Crippen molar-refractivity contribution in [1.29, 1.82) is 0 Å². The molecule has 0 aliphatic carbocycles. The van der Waals surface area contributed by atoms with Gasteiger partial charge < -0.3 is 20.5 Å². The molecule has 0 radical (unpaired) electrons. The van der Waals surface area contributed by atoms with Crippen molar-refractivity contribution in [3.8, 4) is 0 Å². The summed E-state index contributed by atoms with van der Waals surface area (Å²) >= 11 is 0. The highest BCUT2D eigenvalue weighted by Crippen LogP contribution is 2.24. The Kier molecular flexibility index (Phi) is 4.52. The van der Waals surface area contributed by atoms with Crippen molar-refractivity contribution in [3.63, 3.8) is 0 Å². The molecule has 1 aliphatic heterocycles. The number of rotatable bonds is 5. The van der Waals surface area contributed by atoms with Gasteiger partial charge in [-0.15, -0.1) is 0 Å². The molecule has 0 saturated carbocycles. The van der Waals surface area contributed by atoms with Crippen molar-refractivity contribution >= 4 is 11.6 Å². The van der Waals surface area contributed by atoms with E-state index in [1.54, 1.807) is 0 Å². The second kappa shape index (κ2) is 6.14. The molecule has 19 heavy (non-hydrogen) atoms. The van der Waals surface area contributed by atoms with Crippen molar-refractivity contribution < 1.29 is 14.6 Å². The Morgan fingerprint density at radius 1 is 1.47 bits per heavy atom. The molecule has 3 N–H and O–H groups in total. The van der Waals surface area contributed by atoms with Crippen LogP contribution in [-0.2, 0) is 9.53 Å². The van der Waals surface area contributed by atoms with E-state index in [4.69, 9.17) is 4.74 Å². The molecular formula is C14H20N2O3. The van der Waals surface area contributed by atoms with Crippen LogP contribution < -0.4 is 10.6 Å². The van der Waals surface area contributed by atoms with Crippen LogP contribution in [0.25, 0.3) is 0 Å². The summed E-state index contributed by atoms with van der Waals surface area (Å²) in [6, 6.07) is 9.29. The van der Waals surface area contributed by atoms with E-state index in [9.17, 15) is 9.90 Å².